The maximum atomic E-state index is 14.1. The van der Waals surface area contributed by atoms with E-state index in [0.29, 0.717) is 17.4 Å². The van der Waals surface area contributed by atoms with Gasteiger partial charge in [0.1, 0.15) is 5.75 Å². The average molecular weight is 871 g/mol. The Labute approximate surface area is 325 Å². The Morgan fingerprint density at radius 1 is 0.649 bits per heavy atom. The second-order valence-corrected chi connectivity index (χ2v) is 20.8. The zero-order valence-electron chi connectivity index (χ0n) is 33.3. The first-order chi connectivity index (χ1) is 25.5. The Hall–Kier alpha value is -2.41. The van der Waals surface area contributed by atoms with Gasteiger partial charge in [-0.15, -0.1) is 0 Å². The highest BCUT2D eigenvalue weighted by Gasteiger charge is 2.93. The Morgan fingerprint density at radius 3 is 1.65 bits per heavy atom. The second kappa shape index (κ2) is 19.3. The van der Waals surface area contributed by atoms with Crippen molar-refractivity contribution in [3.8, 4) is 5.75 Å². The monoisotopic (exact) mass is 870 g/mol. The van der Waals surface area contributed by atoms with Crippen molar-refractivity contribution in [2.24, 2.45) is 17.8 Å². The fourth-order valence-corrected chi connectivity index (χ4v) is 5.76. The third kappa shape index (κ3) is 12.8. The summed E-state index contributed by atoms with van der Waals surface area (Å²) in [6.45, 7) is 19.1. The van der Waals surface area contributed by atoms with Crippen LogP contribution >= 0.6 is 0 Å². The number of hydrogen-bond donors (Lipinski definition) is 0. The van der Waals surface area contributed by atoms with Crippen LogP contribution in [0.1, 0.15) is 79.7 Å². The van der Waals surface area contributed by atoms with Crippen molar-refractivity contribution >= 4 is 8.32 Å². The molecular weight excluding hydrogens is 817 g/mol. The average Bonchev–Trinajstić information content (AvgIpc) is 3.07. The molecule has 1 aromatic rings. The molecule has 4 atom stereocenters. The summed E-state index contributed by atoms with van der Waals surface area (Å²) in [6.07, 6.45) is -1.39. The van der Waals surface area contributed by atoms with E-state index in [4.69, 9.17) is 13.9 Å². The Kier molecular flexibility index (Phi) is 17.8. The van der Waals surface area contributed by atoms with Crippen molar-refractivity contribution in [3.05, 3.63) is 54.1 Å². The van der Waals surface area contributed by atoms with E-state index < -0.39 is 69.5 Å². The molecule has 0 aliphatic carbocycles. The highest BCUT2D eigenvalue weighted by molar-refractivity contribution is 6.74. The van der Waals surface area contributed by atoms with E-state index in [1.165, 1.54) is 24.3 Å². The van der Waals surface area contributed by atoms with Gasteiger partial charge >= 0.3 is 41.7 Å². The second-order valence-electron chi connectivity index (χ2n) is 16.0. The lowest BCUT2D eigenvalue weighted by molar-refractivity contribution is -0.452. The van der Waals surface area contributed by atoms with Crippen molar-refractivity contribution in [1.82, 2.24) is 0 Å². The summed E-state index contributed by atoms with van der Waals surface area (Å²) in [5.74, 6) is -45.8. The Balaban J connectivity index is 2.63. The number of hydrogen-bond acceptors (Lipinski definition) is 3. The highest BCUT2D eigenvalue weighted by Crippen LogP contribution is 2.62. The van der Waals surface area contributed by atoms with Crippen LogP contribution in [0.5, 0.6) is 5.75 Å². The predicted molar refractivity (Wildman–Crippen MR) is 189 cm³/mol. The fraction of sp³-hybridized carbons (Fsp3) is 0.737. The summed E-state index contributed by atoms with van der Waals surface area (Å²) >= 11 is 0. The summed E-state index contributed by atoms with van der Waals surface area (Å²) < 4.78 is 218. The van der Waals surface area contributed by atoms with E-state index in [1.54, 1.807) is 0 Å². The topological polar surface area (TPSA) is 27.7 Å². The molecule has 0 fully saturated rings. The minimum absolute atomic E-state index is 0.0327. The molecule has 0 aliphatic rings. The molecule has 0 heterocycles. The normalized spacial score (nSPS) is 17.0. The van der Waals surface area contributed by atoms with Crippen LogP contribution in [0.3, 0.4) is 0 Å². The molecule has 0 amide bonds. The van der Waals surface area contributed by atoms with E-state index in [9.17, 15) is 65.9 Å². The number of rotatable bonds is 23. The van der Waals surface area contributed by atoms with Crippen molar-refractivity contribution < 1.29 is 79.8 Å². The summed E-state index contributed by atoms with van der Waals surface area (Å²) in [4.78, 5) is 0. The van der Waals surface area contributed by atoms with E-state index in [-0.39, 0.29) is 29.4 Å². The molecule has 1 rings (SSSR count). The van der Waals surface area contributed by atoms with Crippen molar-refractivity contribution in [2.45, 2.75) is 147 Å². The van der Waals surface area contributed by atoms with Crippen LogP contribution in [-0.2, 0) is 15.8 Å². The molecule has 0 spiro atoms. The van der Waals surface area contributed by atoms with Gasteiger partial charge < -0.3 is 13.9 Å². The molecule has 19 heteroatoms. The third-order valence-corrected chi connectivity index (χ3v) is 14.5. The number of allylic oxidation sites excluding steroid dienone is 3. The van der Waals surface area contributed by atoms with Crippen LogP contribution in [0.2, 0.25) is 18.1 Å². The quantitative estimate of drug-likeness (QED) is 0.0475. The van der Waals surface area contributed by atoms with E-state index in [2.05, 4.69) is 65.9 Å². The molecule has 3 nitrogen and oxygen atoms in total. The highest BCUT2D eigenvalue weighted by atomic mass is 28.4. The van der Waals surface area contributed by atoms with Crippen LogP contribution in [0.25, 0.3) is 0 Å². The van der Waals surface area contributed by atoms with Crippen LogP contribution in [-0.4, -0.2) is 69.3 Å². The first-order valence-corrected chi connectivity index (χ1v) is 21.0. The van der Waals surface area contributed by atoms with E-state index >= 15 is 0 Å². The van der Waals surface area contributed by atoms with Gasteiger partial charge in [-0.05, 0) is 79.8 Å². The van der Waals surface area contributed by atoms with Gasteiger partial charge in [-0.3, -0.25) is 0 Å². The van der Waals surface area contributed by atoms with Gasteiger partial charge in [-0.25, -0.2) is 0 Å². The van der Waals surface area contributed by atoms with Crippen molar-refractivity contribution in [3.63, 3.8) is 0 Å². The van der Waals surface area contributed by atoms with Gasteiger partial charge in [-0.2, -0.15) is 65.9 Å². The number of benzene rings is 1. The van der Waals surface area contributed by atoms with Crippen LogP contribution in [0.4, 0.5) is 65.9 Å². The Bertz CT molecular complexity index is 1440. The lowest BCUT2D eigenvalue weighted by Gasteiger charge is -2.41. The SMILES string of the molecule is C[C@@H](C/C=C/[C@@H](C)C/C=C/[C@@H](C)[C@H](C)OCc1ccc(OCCCC(F)(F)C(F)(F)C(F)(F)C(F)(F)C(F)(F)C(F)(F)C(F)(F)F)cc1)CO[Si](C)(C)C(C)(C)C. The lowest BCUT2D eigenvalue weighted by Crippen LogP contribution is -2.72. The minimum Gasteiger partial charge on any atom is -0.494 e. The molecule has 0 bridgehead atoms. The van der Waals surface area contributed by atoms with Gasteiger partial charge in [0, 0.05) is 13.0 Å². The molecule has 0 aliphatic heterocycles. The summed E-state index contributed by atoms with van der Waals surface area (Å²) in [7, 11) is -1.79. The maximum absolute atomic E-state index is 14.1. The zero-order valence-corrected chi connectivity index (χ0v) is 34.3. The van der Waals surface area contributed by atoms with E-state index in [1.807, 2.05) is 19.9 Å². The van der Waals surface area contributed by atoms with Gasteiger partial charge in [0.2, 0.25) is 0 Å². The van der Waals surface area contributed by atoms with Crippen LogP contribution < -0.4 is 4.74 Å². The van der Waals surface area contributed by atoms with Crippen molar-refractivity contribution in [2.75, 3.05) is 13.2 Å². The van der Waals surface area contributed by atoms with Gasteiger partial charge in [0.25, 0.3) is 0 Å². The zero-order chi connectivity index (χ0) is 44.7. The first-order valence-electron chi connectivity index (χ1n) is 18.1. The predicted octanol–water partition coefficient (Wildman–Crippen LogP) is 13.9. The van der Waals surface area contributed by atoms with Gasteiger partial charge in [-0.1, -0.05) is 78.0 Å². The molecule has 0 aromatic heterocycles. The summed E-state index contributed by atoms with van der Waals surface area (Å²) in [5.41, 5.74) is 0.621. The van der Waals surface area contributed by atoms with Gasteiger partial charge in [0.15, 0.2) is 8.32 Å². The smallest absolute Gasteiger partial charge is 0.460 e. The van der Waals surface area contributed by atoms with Crippen molar-refractivity contribution in [1.29, 1.82) is 0 Å². The van der Waals surface area contributed by atoms with E-state index in [0.717, 1.165) is 19.4 Å². The summed E-state index contributed by atoms with van der Waals surface area (Å²) in [6, 6.07) is 5.57. The molecule has 1 aromatic carbocycles. The summed E-state index contributed by atoms with van der Waals surface area (Å²) in [5, 5.41) is 0.156. The number of ether oxygens (including phenoxy) is 2. The first kappa shape index (κ1) is 52.6. The minimum atomic E-state index is -8.29. The maximum Gasteiger partial charge on any atom is 0.460 e. The Morgan fingerprint density at radius 2 is 1.14 bits per heavy atom. The third-order valence-electron chi connectivity index (χ3n) is 9.96. The molecule has 0 saturated heterocycles. The molecule has 0 N–H and O–H groups in total. The number of halogens is 15. The molecular formula is C38H53F15O3Si. The van der Waals surface area contributed by atoms with Crippen LogP contribution in [0.15, 0.2) is 48.6 Å². The molecule has 57 heavy (non-hydrogen) atoms. The number of alkyl halides is 15. The molecule has 332 valence electrons. The van der Waals surface area contributed by atoms with Gasteiger partial charge in [0.05, 0.1) is 19.3 Å². The standard InChI is InChI=1S/C38H53F15O3Si/c1-25(13-10-15-26(2)23-56-57(8,9)31(5,6)7)14-11-16-27(3)28(4)55-24-29-17-19-30(20-18-29)54-22-12-21-32(39,40)33(41,42)34(43,44)35(45,46)36(47,48)37(49,50)38(51,52)53/h10-11,13,16-20,25-28H,12,14-15,21-24H2,1-9H3/b13-10+,16-11+/t25-,26+,27-,28+/m1/s1. The molecule has 0 unspecified atom stereocenters. The van der Waals surface area contributed by atoms with Crippen LogP contribution in [0, 0.1) is 17.8 Å². The molecule has 0 radical (unpaired) electrons. The molecule has 0 saturated carbocycles. The fourth-order valence-electron chi connectivity index (χ4n) is 4.62. The lowest BCUT2D eigenvalue weighted by atomic mass is 9.90. The largest absolute Gasteiger partial charge is 0.494 e.